The molecule has 68 valence electrons. The number of carbonyl (C=O) groups excluding carboxylic acids is 1. The van der Waals surface area contributed by atoms with Crippen LogP contribution >= 0.6 is 0 Å². The van der Waals surface area contributed by atoms with Gasteiger partial charge in [0, 0.05) is 13.0 Å². The summed E-state index contributed by atoms with van der Waals surface area (Å²) in [4.78, 5) is 20.8. The summed E-state index contributed by atoms with van der Waals surface area (Å²) in [5, 5.41) is 16.6. The van der Waals surface area contributed by atoms with Gasteiger partial charge in [0.1, 0.15) is 5.57 Å². The van der Waals surface area contributed by atoms with E-state index in [0.717, 1.165) is 0 Å². The fourth-order valence-electron chi connectivity index (χ4n) is 0.404. The fraction of sp³-hybridized carbons (Fsp3) is 0.429. The number of esters is 1. The monoisotopic (exact) mass is 174 g/mol. The van der Waals surface area contributed by atoms with E-state index in [4.69, 9.17) is 10.2 Å². The molecule has 0 atom stereocenters. The fourth-order valence-corrected chi connectivity index (χ4v) is 0.404. The molecule has 0 aromatic rings. The average Bonchev–Trinajstić information content (AvgIpc) is 2.03. The number of aliphatic hydroxyl groups is 1. The third-order valence-corrected chi connectivity index (χ3v) is 1.04. The first-order chi connectivity index (χ1) is 5.59. The molecular weight excluding hydrogens is 164 g/mol. The van der Waals surface area contributed by atoms with Crippen LogP contribution in [0.2, 0.25) is 0 Å². The van der Waals surface area contributed by atoms with E-state index in [1.54, 1.807) is 0 Å². The van der Waals surface area contributed by atoms with Crippen LogP contribution < -0.4 is 0 Å². The molecule has 0 rings (SSSR count). The summed E-state index contributed by atoms with van der Waals surface area (Å²) in [6.07, 6.45) is 0.290. The number of hydrogen-bond donors (Lipinski definition) is 2. The normalized spacial score (nSPS) is 9.08. The lowest BCUT2D eigenvalue weighted by Crippen LogP contribution is -2.15. The Kier molecular flexibility index (Phi) is 4.71. The molecule has 0 aromatic heterocycles. The molecule has 0 aromatic carbocycles. The van der Waals surface area contributed by atoms with Gasteiger partial charge in [-0.1, -0.05) is 6.58 Å². The maximum atomic E-state index is 10.7. The highest BCUT2D eigenvalue weighted by atomic mass is 16.5. The van der Waals surface area contributed by atoms with E-state index in [0.29, 0.717) is 6.42 Å². The zero-order valence-electron chi connectivity index (χ0n) is 6.45. The van der Waals surface area contributed by atoms with Crippen LogP contribution in [0, 0.1) is 0 Å². The van der Waals surface area contributed by atoms with E-state index in [1.165, 1.54) is 0 Å². The highest BCUT2D eigenvalue weighted by Gasteiger charge is 2.14. The standard InChI is InChI=1S/C7H10O5/c1-5(6(9)10)7(11)12-4-2-3-8/h8H,1-4H2,(H,9,10). The van der Waals surface area contributed by atoms with Crippen molar-refractivity contribution < 1.29 is 24.5 Å². The van der Waals surface area contributed by atoms with Gasteiger partial charge in [0.25, 0.3) is 0 Å². The van der Waals surface area contributed by atoms with Gasteiger partial charge in [-0.15, -0.1) is 0 Å². The van der Waals surface area contributed by atoms with Gasteiger partial charge in [0.2, 0.25) is 0 Å². The zero-order valence-corrected chi connectivity index (χ0v) is 6.45. The van der Waals surface area contributed by atoms with Crippen LogP contribution in [0.25, 0.3) is 0 Å². The Morgan fingerprint density at radius 3 is 2.42 bits per heavy atom. The summed E-state index contributed by atoms with van der Waals surface area (Å²) in [7, 11) is 0. The number of carboxylic acids is 1. The highest BCUT2D eigenvalue weighted by Crippen LogP contribution is 1.95. The Morgan fingerprint density at radius 1 is 1.42 bits per heavy atom. The number of carbonyl (C=O) groups is 2. The van der Waals surface area contributed by atoms with Gasteiger partial charge < -0.3 is 14.9 Å². The molecule has 0 unspecified atom stereocenters. The van der Waals surface area contributed by atoms with Crippen molar-refractivity contribution in [2.45, 2.75) is 6.42 Å². The lowest BCUT2D eigenvalue weighted by molar-refractivity contribution is -0.144. The molecule has 0 aliphatic rings. The molecule has 5 heteroatoms. The Balaban J connectivity index is 3.73. The largest absolute Gasteiger partial charge is 0.477 e. The molecule has 0 amide bonds. The lowest BCUT2D eigenvalue weighted by Gasteiger charge is -2.01. The van der Waals surface area contributed by atoms with Gasteiger partial charge in [-0.3, -0.25) is 0 Å². The quantitative estimate of drug-likeness (QED) is 0.194. The van der Waals surface area contributed by atoms with Gasteiger partial charge in [0.15, 0.2) is 0 Å². The minimum Gasteiger partial charge on any atom is -0.477 e. The first kappa shape index (κ1) is 10.6. The van der Waals surface area contributed by atoms with Crippen LogP contribution in [0.3, 0.4) is 0 Å². The highest BCUT2D eigenvalue weighted by molar-refractivity contribution is 6.12. The summed E-state index contributed by atoms with van der Waals surface area (Å²) in [6.45, 7) is 2.89. The van der Waals surface area contributed by atoms with Gasteiger partial charge in [-0.2, -0.15) is 0 Å². The van der Waals surface area contributed by atoms with Gasteiger partial charge >= 0.3 is 11.9 Å². The number of ether oxygens (including phenoxy) is 1. The van der Waals surface area contributed by atoms with Crippen molar-refractivity contribution in [2.24, 2.45) is 0 Å². The molecule has 0 fully saturated rings. The zero-order chi connectivity index (χ0) is 9.56. The number of rotatable bonds is 5. The maximum Gasteiger partial charge on any atom is 0.344 e. The molecule has 0 radical (unpaired) electrons. The predicted molar refractivity (Wildman–Crippen MR) is 39.4 cm³/mol. The van der Waals surface area contributed by atoms with E-state index in [9.17, 15) is 9.59 Å². The molecule has 0 bridgehead atoms. The number of aliphatic hydroxyl groups excluding tert-OH is 1. The third-order valence-electron chi connectivity index (χ3n) is 1.04. The summed E-state index contributed by atoms with van der Waals surface area (Å²) >= 11 is 0. The molecule has 0 spiro atoms. The minimum atomic E-state index is -1.40. The number of carboxylic acid groups (broad SMARTS) is 1. The summed E-state index contributed by atoms with van der Waals surface area (Å²) in [5.74, 6) is -2.36. The Hall–Kier alpha value is -1.36. The first-order valence-electron chi connectivity index (χ1n) is 3.29. The second-order valence-electron chi connectivity index (χ2n) is 2.00. The van der Waals surface area contributed by atoms with Gasteiger partial charge in [0.05, 0.1) is 6.61 Å². The van der Waals surface area contributed by atoms with Crippen LogP contribution in [0.4, 0.5) is 0 Å². The van der Waals surface area contributed by atoms with Crippen molar-refractivity contribution >= 4 is 11.9 Å². The topological polar surface area (TPSA) is 83.8 Å². The molecule has 0 saturated heterocycles. The van der Waals surface area contributed by atoms with Crippen molar-refractivity contribution in [1.82, 2.24) is 0 Å². The first-order valence-corrected chi connectivity index (χ1v) is 3.29. The minimum absolute atomic E-state index is 0.00162. The van der Waals surface area contributed by atoms with E-state index in [1.807, 2.05) is 0 Å². The van der Waals surface area contributed by atoms with Crippen LogP contribution in [-0.4, -0.2) is 35.4 Å². The van der Waals surface area contributed by atoms with E-state index >= 15 is 0 Å². The molecule has 2 N–H and O–H groups in total. The van der Waals surface area contributed by atoms with Crippen molar-refractivity contribution in [3.63, 3.8) is 0 Å². The van der Waals surface area contributed by atoms with Gasteiger partial charge in [-0.05, 0) is 0 Å². The van der Waals surface area contributed by atoms with E-state index in [2.05, 4.69) is 11.3 Å². The van der Waals surface area contributed by atoms with Crippen LogP contribution in [0.5, 0.6) is 0 Å². The summed E-state index contributed by atoms with van der Waals surface area (Å²) in [5.41, 5.74) is -0.604. The molecule has 5 nitrogen and oxygen atoms in total. The van der Waals surface area contributed by atoms with Crippen molar-refractivity contribution in [1.29, 1.82) is 0 Å². The van der Waals surface area contributed by atoms with Crippen molar-refractivity contribution in [3.8, 4) is 0 Å². The molecule has 0 heterocycles. The third kappa shape index (κ3) is 3.72. The second kappa shape index (κ2) is 5.31. The lowest BCUT2D eigenvalue weighted by atomic mass is 10.3. The number of hydrogen-bond acceptors (Lipinski definition) is 4. The SMILES string of the molecule is C=C(C(=O)O)C(=O)OCCCO. The second-order valence-corrected chi connectivity index (χ2v) is 2.00. The van der Waals surface area contributed by atoms with E-state index in [-0.39, 0.29) is 13.2 Å². The van der Waals surface area contributed by atoms with Crippen molar-refractivity contribution in [2.75, 3.05) is 13.2 Å². The summed E-state index contributed by atoms with van der Waals surface area (Å²) < 4.78 is 4.43. The molecule has 12 heavy (non-hydrogen) atoms. The predicted octanol–water partition coefficient (Wildman–Crippen LogP) is -0.447. The summed E-state index contributed by atoms with van der Waals surface area (Å²) in [6, 6.07) is 0. The maximum absolute atomic E-state index is 10.7. The smallest absolute Gasteiger partial charge is 0.344 e. The molecular formula is C7H10O5. The molecule has 0 aliphatic carbocycles. The Bertz CT molecular complexity index is 196. The number of aliphatic carboxylic acids is 1. The Morgan fingerprint density at radius 2 is 2.00 bits per heavy atom. The van der Waals surface area contributed by atoms with Gasteiger partial charge in [-0.25, -0.2) is 9.59 Å². The molecule has 0 saturated carbocycles. The van der Waals surface area contributed by atoms with Crippen LogP contribution in [0.15, 0.2) is 12.2 Å². The molecule has 0 aliphatic heterocycles. The Labute approximate surface area is 69.3 Å². The van der Waals surface area contributed by atoms with E-state index < -0.39 is 17.5 Å². The van der Waals surface area contributed by atoms with Crippen molar-refractivity contribution in [3.05, 3.63) is 12.2 Å². The van der Waals surface area contributed by atoms with Crippen LogP contribution in [-0.2, 0) is 14.3 Å². The average molecular weight is 174 g/mol. The van der Waals surface area contributed by atoms with Crippen LogP contribution in [0.1, 0.15) is 6.42 Å².